The molecule has 0 bridgehead atoms. The van der Waals surface area contributed by atoms with E-state index in [1.165, 1.54) is 15.6 Å². The van der Waals surface area contributed by atoms with Gasteiger partial charge in [0.2, 0.25) is 0 Å². The molecule has 4 heteroatoms. The SMILES string of the molecule is Brc1ccc2c3c1COCC3CNCC2.Cl. The molecule has 1 atom stereocenters. The fraction of sp³-hybridized carbons (Fsp3) is 0.500. The molecule has 1 aromatic carbocycles. The Labute approximate surface area is 110 Å². The van der Waals surface area contributed by atoms with Gasteiger partial charge in [0.15, 0.2) is 0 Å². The molecule has 0 saturated heterocycles. The number of benzene rings is 1. The number of halogens is 2. The van der Waals surface area contributed by atoms with E-state index in [4.69, 9.17) is 4.74 Å². The molecule has 1 N–H and O–H groups in total. The van der Waals surface area contributed by atoms with Crippen molar-refractivity contribution < 1.29 is 4.74 Å². The number of nitrogens with one attached hydrogen (secondary N) is 1. The molecule has 0 spiro atoms. The van der Waals surface area contributed by atoms with Crippen molar-refractivity contribution in [2.75, 3.05) is 19.7 Å². The van der Waals surface area contributed by atoms with Crippen molar-refractivity contribution >= 4 is 28.3 Å². The van der Waals surface area contributed by atoms with Crippen LogP contribution in [0, 0.1) is 0 Å². The van der Waals surface area contributed by atoms with E-state index < -0.39 is 0 Å². The topological polar surface area (TPSA) is 21.3 Å². The van der Waals surface area contributed by atoms with Crippen LogP contribution in [-0.2, 0) is 17.8 Å². The van der Waals surface area contributed by atoms with E-state index in [-0.39, 0.29) is 12.4 Å². The van der Waals surface area contributed by atoms with Crippen molar-refractivity contribution in [2.45, 2.75) is 18.9 Å². The van der Waals surface area contributed by atoms with Crippen LogP contribution in [-0.4, -0.2) is 19.7 Å². The van der Waals surface area contributed by atoms with Gasteiger partial charge in [0.1, 0.15) is 0 Å². The molecular weight excluding hydrogens is 289 g/mol. The molecule has 0 saturated carbocycles. The summed E-state index contributed by atoms with van der Waals surface area (Å²) >= 11 is 3.62. The second-order valence-electron chi connectivity index (χ2n) is 4.26. The molecule has 0 amide bonds. The fourth-order valence-corrected chi connectivity index (χ4v) is 3.07. The van der Waals surface area contributed by atoms with Crippen LogP contribution < -0.4 is 5.32 Å². The molecule has 0 fully saturated rings. The van der Waals surface area contributed by atoms with E-state index in [9.17, 15) is 0 Å². The lowest BCUT2D eigenvalue weighted by Gasteiger charge is -2.27. The molecule has 0 aliphatic carbocycles. The zero-order valence-corrected chi connectivity index (χ0v) is 11.4. The summed E-state index contributed by atoms with van der Waals surface area (Å²) in [6.45, 7) is 3.77. The van der Waals surface area contributed by atoms with Gasteiger partial charge in [-0.25, -0.2) is 0 Å². The Balaban J connectivity index is 0.000000963. The number of ether oxygens (including phenoxy) is 1. The van der Waals surface area contributed by atoms with Gasteiger partial charge >= 0.3 is 0 Å². The van der Waals surface area contributed by atoms with Crippen LogP contribution >= 0.6 is 28.3 Å². The van der Waals surface area contributed by atoms with Gasteiger partial charge in [-0.1, -0.05) is 22.0 Å². The molecule has 2 aliphatic rings. The maximum atomic E-state index is 5.65. The Morgan fingerprint density at radius 1 is 1.38 bits per heavy atom. The third kappa shape index (κ3) is 2.02. The molecule has 16 heavy (non-hydrogen) atoms. The lowest BCUT2D eigenvalue weighted by Crippen LogP contribution is -2.26. The van der Waals surface area contributed by atoms with Crippen LogP contribution in [0.2, 0.25) is 0 Å². The Morgan fingerprint density at radius 2 is 2.25 bits per heavy atom. The summed E-state index contributed by atoms with van der Waals surface area (Å²) in [5.41, 5.74) is 4.42. The van der Waals surface area contributed by atoms with E-state index in [0.717, 1.165) is 32.7 Å². The Morgan fingerprint density at radius 3 is 3.12 bits per heavy atom. The summed E-state index contributed by atoms with van der Waals surface area (Å²) in [5, 5.41) is 3.48. The molecule has 1 aromatic rings. The largest absolute Gasteiger partial charge is 0.376 e. The highest BCUT2D eigenvalue weighted by Gasteiger charge is 2.26. The van der Waals surface area contributed by atoms with Crippen molar-refractivity contribution in [3.05, 3.63) is 33.3 Å². The molecule has 2 heterocycles. The summed E-state index contributed by atoms with van der Waals surface area (Å²) in [5.74, 6) is 0.545. The maximum absolute atomic E-state index is 5.65. The lowest BCUT2D eigenvalue weighted by molar-refractivity contribution is 0.0908. The molecule has 2 aliphatic heterocycles. The standard InChI is InChI=1S/C12H14BrNO.ClH/c13-11-2-1-8-3-4-14-5-9-6-15-7-10(11)12(8)9;/h1-2,9,14H,3-7H2;1H. The van der Waals surface area contributed by atoms with Gasteiger partial charge < -0.3 is 10.1 Å². The first kappa shape index (κ1) is 12.4. The van der Waals surface area contributed by atoms with Crippen molar-refractivity contribution in [1.82, 2.24) is 5.32 Å². The summed E-state index contributed by atoms with van der Waals surface area (Å²) in [7, 11) is 0. The minimum Gasteiger partial charge on any atom is -0.376 e. The van der Waals surface area contributed by atoms with Crippen molar-refractivity contribution in [3.8, 4) is 0 Å². The number of rotatable bonds is 0. The highest BCUT2D eigenvalue weighted by Crippen LogP contribution is 2.35. The summed E-state index contributed by atoms with van der Waals surface area (Å²) in [6, 6.07) is 4.42. The van der Waals surface area contributed by atoms with Crippen LogP contribution in [0.4, 0.5) is 0 Å². The maximum Gasteiger partial charge on any atom is 0.0731 e. The van der Waals surface area contributed by atoms with Crippen LogP contribution in [0.1, 0.15) is 22.6 Å². The second-order valence-corrected chi connectivity index (χ2v) is 5.12. The number of hydrogen-bond acceptors (Lipinski definition) is 2. The lowest BCUT2D eigenvalue weighted by atomic mass is 9.88. The minimum atomic E-state index is 0. The highest BCUT2D eigenvalue weighted by atomic mass is 79.9. The summed E-state index contributed by atoms with van der Waals surface area (Å²) in [6.07, 6.45) is 1.14. The fourth-order valence-electron chi connectivity index (χ4n) is 2.61. The Bertz CT molecular complexity index is 397. The van der Waals surface area contributed by atoms with Crippen molar-refractivity contribution in [3.63, 3.8) is 0 Å². The molecule has 3 rings (SSSR count). The van der Waals surface area contributed by atoms with E-state index >= 15 is 0 Å². The Kier molecular flexibility index (Phi) is 3.90. The number of hydrogen-bond donors (Lipinski definition) is 1. The predicted octanol–water partition coefficient (Wildman–Crippen LogP) is 2.63. The van der Waals surface area contributed by atoms with Crippen LogP contribution in [0.15, 0.2) is 16.6 Å². The van der Waals surface area contributed by atoms with Crippen molar-refractivity contribution in [2.24, 2.45) is 0 Å². The van der Waals surface area contributed by atoms with Crippen molar-refractivity contribution in [1.29, 1.82) is 0 Å². The minimum absolute atomic E-state index is 0. The third-order valence-electron chi connectivity index (χ3n) is 3.33. The van der Waals surface area contributed by atoms with Gasteiger partial charge in [0.05, 0.1) is 13.2 Å². The summed E-state index contributed by atoms with van der Waals surface area (Å²) in [4.78, 5) is 0. The summed E-state index contributed by atoms with van der Waals surface area (Å²) < 4.78 is 6.86. The van der Waals surface area contributed by atoms with E-state index in [2.05, 4.69) is 33.4 Å². The normalized spacial score (nSPS) is 22.9. The molecule has 2 nitrogen and oxygen atoms in total. The molecule has 1 unspecified atom stereocenters. The van der Waals surface area contributed by atoms with Crippen LogP contribution in [0.25, 0.3) is 0 Å². The van der Waals surface area contributed by atoms with Gasteiger partial charge in [-0.2, -0.15) is 0 Å². The first-order chi connectivity index (χ1) is 7.36. The van der Waals surface area contributed by atoms with Gasteiger partial charge in [-0.05, 0) is 35.7 Å². The predicted molar refractivity (Wildman–Crippen MR) is 70.4 cm³/mol. The van der Waals surface area contributed by atoms with Gasteiger partial charge in [0, 0.05) is 16.9 Å². The highest BCUT2D eigenvalue weighted by molar-refractivity contribution is 9.10. The average molecular weight is 305 g/mol. The molecule has 88 valence electrons. The zero-order chi connectivity index (χ0) is 10.3. The zero-order valence-electron chi connectivity index (χ0n) is 8.96. The quantitative estimate of drug-likeness (QED) is 0.795. The van der Waals surface area contributed by atoms with E-state index in [1.807, 2.05) is 0 Å². The van der Waals surface area contributed by atoms with Gasteiger partial charge in [-0.15, -0.1) is 12.4 Å². The first-order valence-electron chi connectivity index (χ1n) is 5.45. The Hall–Kier alpha value is -0.0900. The first-order valence-corrected chi connectivity index (χ1v) is 6.24. The van der Waals surface area contributed by atoms with Gasteiger partial charge in [0.25, 0.3) is 0 Å². The smallest absolute Gasteiger partial charge is 0.0731 e. The molecule has 0 aromatic heterocycles. The van der Waals surface area contributed by atoms with E-state index in [1.54, 1.807) is 5.56 Å². The van der Waals surface area contributed by atoms with Gasteiger partial charge in [-0.3, -0.25) is 0 Å². The van der Waals surface area contributed by atoms with Crippen LogP contribution in [0.3, 0.4) is 0 Å². The second kappa shape index (κ2) is 5.05. The average Bonchev–Trinajstić information content (AvgIpc) is 2.47. The molecular formula is C12H15BrClNO. The third-order valence-corrected chi connectivity index (χ3v) is 4.07. The molecule has 0 radical (unpaired) electrons. The van der Waals surface area contributed by atoms with E-state index in [0.29, 0.717) is 5.92 Å². The monoisotopic (exact) mass is 303 g/mol. The van der Waals surface area contributed by atoms with Crippen LogP contribution in [0.5, 0.6) is 0 Å².